The number of benzene rings is 1. The number of nitrogens with two attached hydrogens (primary N) is 1. The van der Waals surface area contributed by atoms with Crippen LogP contribution in [0.5, 0.6) is 5.75 Å². The summed E-state index contributed by atoms with van der Waals surface area (Å²) in [4.78, 5) is 23.2. The van der Waals surface area contributed by atoms with Crippen LogP contribution in [0.15, 0.2) is 36.9 Å². The number of aliphatic carboxylic acids is 1. The van der Waals surface area contributed by atoms with Gasteiger partial charge in [0.2, 0.25) is 0 Å². The van der Waals surface area contributed by atoms with Gasteiger partial charge in [-0.15, -0.1) is 0 Å². The Hall–Kier alpha value is -3.14. The molecule has 2 heterocycles. The Kier molecular flexibility index (Phi) is 6.88. The molecular weight excluding hydrogens is 411 g/mol. The van der Waals surface area contributed by atoms with Crippen molar-refractivity contribution in [2.24, 2.45) is 0 Å². The largest absolute Gasteiger partial charge is 0.664 e. The van der Waals surface area contributed by atoms with Crippen molar-refractivity contribution >= 4 is 31.1 Å². The Morgan fingerprint density at radius 2 is 2.07 bits per heavy atom. The van der Waals surface area contributed by atoms with Gasteiger partial charge in [0, 0.05) is 10.1 Å². The number of rotatable bonds is 10. The normalized spacial score (nSPS) is 13.7. The Balaban J connectivity index is 1.61. The van der Waals surface area contributed by atoms with E-state index >= 15 is 0 Å². The Morgan fingerprint density at radius 3 is 2.83 bits per heavy atom. The van der Waals surface area contributed by atoms with Crippen molar-refractivity contribution in [1.29, 1.82) is 0 Å². The summed E-state index contributed by atoms with van der Waals surface area (Å²) in [6.07, 6.45) is 2.81. The van der Waals surface area contributed by atoms with E-state index in [9.17, 15) is 9.36 Å². The first kappa shape index (κ1) is 21.6. The number of anilines is 1. The maximum absolute atomic E-state index is 12.1. The third kappa shape index (κ3) is 5.26. The van der Waals surface area contributed by atoms with Crippen molar-refractivity contribution < 1.29 is 23.7 Å². The van der Waals surface area contributed by atoms with Gasteiger partial charge in [0.25, 0.3) is 0 Å². The average Bonchev–Trinajstić information content (AvgIpc) is 3.11. The average molecular weight is 433 g/mol. The number of carboxylic acid groups (broad SMARTS) is 1. The fourth-order valence-electron chi connectivity index (χ4n) is 2.64. The molecule has 1 unspecified atom stereocenters. The summed E-state index contributed by atoms with van der Waals surface area (Å²) in [6, 6.07) is 5.96. The zero-order valence-electron chi connectivity index (χ0n) is 16.4. The van der Waals surface area contributed by atoms with Crippen LogP contribution in [0, 0.1) is 0 Å². The number of aromatic nitrogens is 4. The summed E-state index contributed by atoms with van der Waals surface area (Å²) >= 11 is 0. The minimum atomic E-state index is -2.40. The van der Waals surface area contributed by atoms with Crippen LogP contribution in [-0.2, 0) is 27.2 Å². The molecule has 1 aromatic carbocycles. The van der Waals surface area contributed by atoms with Crippen LogP contribution in [0.25, 0.3) is 11.2 Å². The zero-order valence-corrected chi connectivity index (χ0v) is 17.3. The number of para-hydroxylation sites is 1. The second-order valence-electron chi connectivity index (χ2n) is 6.59. The number of hydrogen-bond donors (Lipinski definition) is 3. The van der Waals surface area contributed by atoms with E-state index in [-0.39, 0.29) is 12.7 Å². The number of nitrogen functional groups attached to an aromatic ring is 1. The minimum Gasteiger partial charge on any atom is -0.480 e. The number of ether oxygens (including phenoxy) is 1. The van der Waals surface area contributed by atoms with Gasteiger partial charge in [-0.2, -0.15) is 0 Å². The van der Waals surface area contributed by atoms with Gasteiger partial charge in [-0.3, -0.25) is 4.79 Å². The Labute approximate surface area is 173 Å². The number of imidazole rings is 1. The number of carboxylic acids is 1. The summed E-state index contributed by atoms with van der Waals surface area (Å²) in [7, 11) is -2.40. The quantitative estimate of drug-likeness (QED) is 0.405. The predicted molar refractivity (Wildman–Crippen MR) is 109 cm³/mol. The molecule has 0 aliphatic heterocycles. The summed E-state index contributed by atoms with van der Waals surface area (Å²) < 4.78 is 25.2. The molecule has 0 aliphatic carbocycles. The Bertz CT molecular complexity index is 1060. The standard InChI is InChI=1S/C18H21N6O5P/c1-11(7-24-10-22-15-16(19)20-9-21-17(15)24)28-8-13-5-3-4-6-14(13)29-30(27)23-12(2)18(25)26/h3-6,9-12H,7-8H2,1-2H3,(H3-,19,20,21,23,25,26,27)/p+1/t11-,12+/m1/s1. The first-order valence-corrected chi connectivity index (χ1v) is 10.3. The molecule has 0 amide bonds. The van der Waals surface area contributed by atoms with E-state index in [2.05, 4.69) is 20.0 Å². The fraction of sp³-hybridized carbons (Fsp3) is 0.333. The molecule has 2 aromatic heterocycles. The van der Waals surface area contributed by atoms with E-state index in [0.29, 0.717) is 34.8 Å². The molecule has 158 valence electrons. The lowest BCUT2D eigenvalue weighted by atomic mass is 10.2. The van der Waals surface area contributed by atoms with Crippen molar-refractivity contribution in [3.63, 3.8) is 0 Å². The molecule has 4 N–H and O–H groups in total. The molecule has 0 saturated carbocycles. The molecule has 0 saturated heterocycles. The second-order valence-corrected chi connectivity index (χ2v) is 7.55. The molecule has 30 heavy (non-hydrogen) atoms. The van der Waals surface area contributed by atoms with Gasteiger partial charge in [0.1, 0.15) is 17.9 Å². The summed E-state index contributed by atoms with van der Waals surface area (Å²) in [5.41, 5.74) is 7.64. The second kappa shape index (κ2) is 9.57. The van der Waals surface area contributed by atoms with Crippen LogP contribution in [0.3, 0.4) is 0 Å². The highest BCUT2D eigenvalue weighted by Gasteiger charge is 2.28. The van der Waals surface area contributed by atoms with Crippen LogP contribution < -0.4 is 15.3 Å². The topological polar surface area (TPSA) is 154 Å². The highest BCUT2D eigenvalue weighted by atomic mass is 31.1. The van der Waals surface area contributed by atoms with Crippen molar-refractivity contribution in [1.82, 2.24) is 24.6 Å². The van der Waals surface area contributed by atoms with Gasteiger partial charge < -0.3 is 20.1 Å². The number of hydrogen-bond acceptors (Lipinski definition) is 8. The van der Waals surface area contributed by atoms with Crippen LogP contribution in [-0.4, -0.2) is 42.7 Å². The van der Waals surface area contributed by atoms with E-state index < -0.39 is 20.2 Å². The minimum absolute atomic E-state index is 0.203. The molecule has 0 fully saturated rings. The molecule has 11 nitrogen and oxygen atoms in total. The third-order valence-corrected chi connectivity index (χ3v) is 5.19. The van der Waals surface area contributed by atoms with Crippen LogP contribution in [0.1, 0.15) is 19.4 Å². The molecule has 3 aromatic rings. The highest BCUT2D eigenvalue weighted by molar-refractivity contribution is 7.37. The fourth-order valence-corrected chi connectivity index (χ4v) is 3.47. The van der Waals surface area contributed by atoms with E-state index in [4.69, 9.17) is 20.1 Å². The van der Waals surface area contributed by atoms with Crippen molar-refractivity contribution in [3.05, 3.63) is 42.5 Å². The molecule has 0 aliphatic rings. The molecule has 12 heteroatoms. The lowest BCUT2D eigenvalue weighted by molar-refractivity contribution is -0.138. The lowest BCUT2D eigenvalue weighted by Crippen LogP contribution is -2.29. The van der Waals surface area contributed by atoms with Gasteiger partial charge in [0.15, 0.2) is 17.2 Å². The van der Waals surface area contributed by atoms with Crippen molar-refractivity contribution in [2.75, 3.05) is 5.73 Å². The Morgan fingerprint density at radius 1 is 1.30 bits per heavy atom. The summed E-state index contributed by atoms with van der Waals surface area (Å²) in [6.45, 7) is 3.98. The molecule has 3 rings (SSSR count). The van der Waals surface area contributed by atoms with E-state index in [0.717, 1.165) is 0 Å². The summed E-state index contributed by atoms with van der Waals surface area (Å²) in [5.74, 6) is -0.450. The van der Waals surface area contributed by atoms with Crippen LogP contribution >= 0.6 is 8.18 Å². The van der Waals surface area contributed by atoms with E-state index in [1.165, 1.54) is 13.3 Å². The van der Waals surface area contributed by atoms with E-state index in [1.54, 1.807) is 30.6 Å². The van der Waals surface area contributed by atoms with Crippen molar-refractivity contribution in [3.8, 4) is 5.75 Å². The molecule has 0 radical (unpaired) electrons. The van der Waals surface area contributed by atoms with Crippen molar-refractivity contribution in [2.45, 2.75) is 39.1 Å². The van der Waals surface area contributed by atoms with Gasteiger partial charge >= 0.3 is 14.1 Å². The number of nitrogens with one attached hydrogen (secondary N) is 1. The SMILES string of the molecule is C[C@H](Cn1cnc2c(N)ncnc21)OCc1ccccc1O[P+](=O)N[C@@H](C)C(=O)O. The first-order chi connectivity index (χ1) is 14.3. The first-order valence-electron chi connectivity index (χ1n) is 9.10. The van der Waals surface area contributed by atoms with Crippen LogP contribution in [0.2, 0.25) is 0 Å². The molecular formula is C18H22N6O5P+. The maximum Gasteiger partial charge on any atom is 0.664 e. The zero-order chi connectivity index (χ0) is 21.7. The smallest absolute Gasteiger partial charge is 0.480 e. The number of carbonyl (C=O) groups is 1. The maximum atomic E-state index is 12.1. The van der Waals surface area contributed by atoms with Gasteiger partial charge in [-0.05, 0) is 19.9 Å². The monoisotopic (exact) mass is 433 g/mol. The predicted octanol–water partition coefficient (Wildman–Crippen LogP) is 2.11. The molecule has 3 atom stereocenters. The van der Waals surface area contributed by atoms with Crippen LogP contribution in [0.4, 0.5) is 5.82 Å². The highest BCUT2D eigenvalue weighted by Crippen LogP contribution is 2.28. The van der Waals surface area contributed by atoms with E-state index in [1.807, 2.05) is 11.5 Å². The van der Waals surface area contributed by atoms with Gasteiger partial charge in [-0.1, -0.05) is 23.3 Å². The lowest BCUT2D eigenvalue weighted by Gasteiger charge is -2.14. The van der Waals surface area contributed by atoms with Gasteiger partial charge in [-0.25, -0.2) is 19.5 Å². The molecule has 0 spiro atoms. The number of nitrogens with zero attached hydrogens (tertiary/aromatic N) is 4. The molecule has 0 bridgehead atoms. The van der Waals surface area contributed by atoms with Gasteiger partial charge in [0.05, 0.1) is 25.6 Å². The third-order valence-electron chi connectivity index (χ3n) is 4.23. The number of fused-ring (bicyclic) bond motifs is 1. The summed E-state index contributed by atoms with van der Waals surface area (Å²) in [5, 5.41) is 11.3.